The lowest BCUT2D eigenvalue weighted by Gasteiger charge is -2.34. The predicted molar refractivity (Wildman–Crippen MR) is 190 cm³/mol. The summed E-state index contributed by atoms with van der Waals surface area (Å²) in [5.41, 5.74) is 2.33. The Balaban J connectivity index is 1.42. The van der Waals surface area contributed by atoms with Crippen molar-refractivity contribution in [1.29, 1.82) is 5.26 Å². The summed E-state index contributed by atoms with van der Waals surface area (Å²) in [6.45, 7) is 1.96. The van der Waals surface area contributed by atoms with Crippen LogP contribution in [-0.2, 0) is 15.6 Å². The third-order valence-corrected chi connectivity index (χ3v) is 10.8. The molecule has 11 heteroatoms. The van der Waals surface area contributed by atoms with Crippen LogP contribution in [0.5, 0.6) is 5.75 Å². The molecule has 5 rings (SSSR count). The highest BCUT2D eigenvalue weighted by molar-refractivity contribution is 7.84. The largest absolute Gasteiger partial charge is 0.495 e. The van der Waals surface area contributed by atoms with E-state index in [4.69, 9.17) is 27.9 Å². The Bertz CT molecular complexity index is 1890. The third-order valence-electron chi connectivity index (χ3n) is 9.06. The molecule has 4 aromatic rings. The molecule has 4 aromatic carbocycles. The number of rotatable bonds is 12. The van der Waals surface area contributed by atoms with Crippen molar-refractivity contribution in [3.05, 3.63) is 105 Å². The monoisotopic (exact) mass is 705 g/mol. The summed E-state index contributed by atoms with van der Waals surface area (Å²) < 4.78 is 17.9. The number of ether oxygens (including phenoxy) is 1. The summed E-state index contributed by atoms with van der Waals surface area (Å²) in [4.78, 5) is 31.1. The Morgan fingerprint density at radius 1 is 1.06 bits per heavy atom. The number of nitriles is 1. The van der Waals surface area contributed by atoms with Gasteiger partial charge in [0, 0.05) is 23.6 Å². The fourth-order valence-electron chi connectivity index (χ4n) is 6.66. The molecule has 48 heavy (non-hydrogen) atoms. The Labute approximate surface area is 293 Å². The minimum Gasteiger partial charge on any atom is -0.495 e. The molecule has 1 unspecified atom stereocenters. The van der Waals surface area contributed by atoms with Gasteiger partial charge in [-0.15, -0.1) is 0 Å². The van der Waals surface area contributed by atoms with Crippen molar-refractivity contribution in [1.82, 2.24) is 9.80 Å². The van der Waals surface area contributed by atoms with Gasteiger partial charge in [-0.1, -0.05) is 71.7 Å². The first-order valence-corrected chi connectivity index (χ1v) is 18.0. The Hall–Kier alpha value is -3.94. The van der Waals surface area contributed by atoms with E-state index in [0.717, 1.165) is 42.0 Å². The summed E-state index contributed by atoms with van der Waals surface area (Å²) in [6, 6.07) is 24.2. The zero-order valence-electron chi connectivity index (χ0n) is 26.8. The normalized spacial score (nSPS) is 15.1. The number of amides is 1. The van der Waals surface area contributed by atoms with E-state index < -0.39 is 29.2 Å². The van der Waals surface area contributed by atoms with Gasteiger partial charge in [0.05, 0.1) is 39.1 Å². The van der Waals surface area contributed by atoms with E-state index in [9.17, 15) is 24.2 Å². The second kappa shape index (κ2) is 16.0. The van der Waals surface area contributed by atoms with E-state index in [0.29, 0.717) is 39.7 Å². The standard InChI is InChI=1S/C37H37Cl2N3O5S/c1-47-36-28(21-40)19-26-7-3-4-9-30(26)35(36)37(45)42(23-34(43)44)22-27(25-11-12-31(38)32(39)20-25)15-18-41-16-13-24(14-17-41)29-8-5-6-10-33(29)48(2)46/h3-12,19-20,24,27H,13-18,22-23H2,1-2H3,(H,43,44)/t27?,48-/m0/s1. The molecule has 1 heterocycles. The van der Waals surface area contributed by atoms with Gasteiger partial charge in [-0.05, 0) is 91.0 Å². The molecule has 0 aliphatic carbocycles. The minimum atomic E-state index is -1.16. The van der Waals surface area contributed by atoms with E-state index in [1.165, 1.54) is 12.0 Å². The van der Waals surface area contributed by atoms with Crippen LogP contribution in [0.15, 0.2) is 77.7 Å². The van der Waals surface area contributed by atoms with Crippen molar-refractivity contribution < 1.29 is 23.6 Å². The average molecular weight is 707 g/mol. The number of carbonyl (C=O) groups excluding carboxylic acids is 1. The molecule has 1 aliphatic rings. The lowest BCUT2D eigenvalue weighted by molar-refractivity contribution is -0.137. The van der Waals surface area contributed by atoms with Crippen molar-refractivity contribution in [2.24, 2.45) is 0 Å². The first kappa shape index (κ1) is 35.4. The summed E-state index contributed by atoms with van der Waals surface area (Å²) >= 11 is 12.7. The van der Waals surface area contributed by atoms with Crippen LogP contribution in [0.2, 0.25) is 10.0 Å². The number of nitrogens with zero attached hydrogens (tertiary/aromatic N) is 3. The van der Waals surface area contributed by atoms with E-state index >= 15 is 0 Å². The van der Waals surface area contributed by atoms with Gasteiger partial charge in [-0.3, -0.25) is 13.8 Å². The van der Waals surface area contributed by atoms with Crippen molar-refractivity contribution in [3.63, 3.8) is 0 Å². The fraction of sp³-hybridized carbons (Fsp3) is 0.324. The highest BCUT2D eigenvalue weighted by Crippen LogP contribution is 2.36. The van der Waals surface area contributed by atoms with Crippen LogP contribution in [-0.4, -0.2) is 77.1 Å². The fourth-order valence-corrected chi connectivity index (χ4v) is 7.80. The third kappa shape index (κ3) is 8.01. The zero-order valence-corrected chi connectivity index (χ0v) is 29.2. The second-order valence-corrected chi connectivity index (χ2v) is 14.2. The topological polar surface area (TPSA) is 111 Å². The maximum absolute atomic E-state index is 14.4. The van der Waals surface area contributed by atoms with Crippen LogP contribution < -0.4 is 4.74 Å². The Morgan fingerprint density at radius 3 is 2.44 bits per heavy atom. The molecule has 1 amide bonds. The molecule has 0 bridgehead atoms. The van der Waals surface area contributed by atoms with Crippen LogP contribution in [0, 0.1) is 11.3 Å². The lowest BCUT2D eigenvalue weighted by Crippen LogP contribution is -2.40. The van der Waals surface area contributed by atoms with Gasteiger partial charge in [0.25, 0.3) is 5.91 Å². The number of methoxy groups -OCH3 is 1. The number of carboxylic acids is 1. The molecule has 0 saturated carbocycles. The van der Waals surface area contributed by atoms with E-state index in [1.807, 2.05) is 30.3 Å². The smallest absolute Gasteiger partial charge is 0.323 e. The molecular weight excluding hydrogens is 669 g/mol. The van der Waals surface area contributed by atoms with Gasteiger partial charge in [0.2, 0.25) is 0 Å². The quantitative estimate of drug-likeness (QED) is 0.164. The molecule has 0 spiro atoms. The summed E-state index contributed by atoms with van der Waals surface area (Å²) in [6.07, 6.45) is 4.20. The number of piperidine rings is 1. The second-order valence-electron chi connectivity index (χ2n) is 12.0. The Morgan fingerprint density at radius 2 is 1.77 bits per heavy atom. The number of fused-ring (bicyclic) bond motifs is 1. The maximum Gasteiger partial charge on any atom is 0.323 e. The van der Waals surface area contributed by atoms with Crippen LogP contribution in [0.3, 0.4) is 0 Å². The van der Waals surface area contributed by atoms with Crippen molar-refractivity contribution in [3.8, 4) is 11.8 Å². The van der Waals surface area contributed by atoms with E-state index in [1.54, 1.807) is 42.7 Å². The van der Waals surface area contributed by atoms with Gasteiger partial charge < -0.3 is 19.6 Å². The number of likely N-dealkylation sites (tertiary alicyclic amines) is 1. The molecule has 1 fully saturated rings. The summed E-state index contributed by atoms with van der Waals surface area (Å²) in [7, 11) is 0.337. The van der Waals surface area contributed by atoms with Crippen molar-refractivity contribution >= 4 is 56.7 Å². The number of aliphatic carboxylic acids is 1. The first-order valence-electron chi connectivity index (χ1n) is 15.7. The predicted octanol–water partition coefficient (Wildman–Crippen LogP) is 7.34. The molecule has 0 aromatic heterocycles. The van der Waals surface area contributed by atoms with Gasteiger partial charge in [-0.25, -0.2) is 0 Å². The number of hydrogen-bond acceptors (Lipinski definition) is 6. The zero-order chi connectivity index (χ0) is 34.4. The van der Waals surface area contributed by atoms with Gasteiger partial charge >= 0.3 is 5.97 Å². The molecule has 1 aliphatic heterocycles. The minimum absolute atomic E-state index is 0.0868. The van der Waals surface area contributed by atoms with Crippen LogP contribution >= 0.6 is 23.2 Å². The molecule has 1 N–H and O–H groups in total. The maximum atomic E-state index is 14.4. The van der Waals surface area contributed by atoms with Crippen LogP contribution in [0.1, 0.15) is 58.1 Å². The highest BCUT2D eigenvalue weighted by Gasteiger charge is 2.30. The van der Waals surface area contributed by atoms with Crippen molar-refractivity contribution in [2.75, 3.05) is 46.1 Å². The molecule has 8 nitrogen and oxygen atoms in total. The first-order chi connectivity index (χ1) is 23.1. The SMILES string of the molecule is COc1c(C#N)cc2ccccc2c1C(=O)N(CC(=O)O)CC(CCN1CCC(c2ccccc2[S@](C)=O)CC1)c1ccc(Cl)c(Cl)c1. The Kier molecular flexibility index (Phi) is 11.8. The number of benzene rings is 4. The van der Waals surface area contributed by atoms with E-state index in [2.05, 4.69) is 17.0 Å². The van der Waals surface area contributed by atoms with Crippen LogP contribution in [0.4, 0.5) is 0 Å². The van der Waals surface area contributed by atoms with Gasteiger partial charge in [0.15, 0.2) is 0 Å². The van der Waals surface area contributed by atoms with Gasteiger partial charge in [0.1, 0.15) is 18.4 Å². The summed E-state index contributed by atoms with van der Waals surface area (Å²) in [5, 5.41) is 21.8. The number of halogens is 2. The van der Waals surface area contributed by atoms with Crippen molar-refractivity contribution in [2.45, 2.75) is 36.0 Å². The number of carboxylic acid groups (broad SMARTS) is 1. The molecule has 0 radical (unpaired) electrons. The summed E-state index contributed by atoms with van der Waals surface area (Å²) in [5.74, 6) is -1.55. The van der Waals surface area contributed by atoms with E-state index in [-0.39, 0.29) is 29.3 Å². The number of carbonyl (C=O) groups is 2. The number of hydrogen-bond donors (Lipinski definition) is 1. The highest BCUT2D eigenvalue weighted by atomic mass is 35.5. The molecular formula is C37H37Cl2N3O5S. The van der Waals surface area contributed by atoms with Gasteiger partial charge in [-0.2, -0.15) is 5.26 Å². The molecule has 2 atom stereocenters. The molecule has 1 saturated heterocycles. The lowest BCUT2D eigenvalue weighted by atomic mass is 9.88. The van der Waals surface area contributed by atoms with Crippen LogP contribution in [0.25, 0.3) is 10.8 Å². The molecule has 250 valence electrons. The average Bonchev–Trinajstić information content (AvgIpc) is 3.09.